The number of ether oxygens (including phenoxy) is 1. The van der Waals surface area contributed by atoms with E-state index in [1.54, 1.807) is 42.8 Å². The highest BCUT2D eigenvalue weighted by atomic mass is 16.5. The van der Waals surface area contributed by atoms with E-state index in [2.05, 4.69) is 26.3 Å². The first-order valence-corrected chi connectivity index (χ1v) is 10.2. The van der Waals surface area contributed by atoms with Crippen LogP contribution < -0.4 is 10.6 Å². The summed E-state index contributed by atoms with van der Waals surface area (Å²) in [4.78, 5) is 45.3. The maximum atomic E-state index is 12.5. The number of hydrogen-bond donors (Lipinski definition) is 2. The van der Waals surface area contributed by atoms with Gasteiger partial charge >= 0.3 is 5.97 Å². The third-order valence-corrected chi connectivity index (χ3v) is 4.79. The van der Waals surface area contributed by atoms with Crippen molar-refractivity contribution in [3.63, 3.8) is 0 Å². The summed E-state index contributed by atoms with van der Waals surface area (Å²) < 4.78 is 4.78. The number of methoxy groups -OCH3 is 1. The van der Waals surface area contributed by atoms with Crippen LogP contribution in [0.2, 0.25) is 0 Å². The third-order valence-electron chi connectivity index (χ3n) is 4.79. The van der Waals surface area contributed by atoms with E-state index in [0.29, 0.717) is 41.9 Å². The average molecular weight is 432 g/mol. The van der Waals surface area contributed by atoms with Crippen LogP contribution in [0.3, 0.4) is 0 Å². The van der Waals surface area contributed by atoms with E-state index < -0.39 is 17.9 Å². The van der Waals surface area contributed by atoms with Crippen molar-refractivity contribution in [2.24, 2.45) is 0 Å². The van der Waals surface area contributed by atoms with Gasteiger partial charge in [0, 0.05) is 24.5 Å². The minimum absolute atomic E-state index is 0.258. The first-order valence-electron chi connectivity index (χ1n) is 10.2. The molecule has 8 nitrogen and oxygen atoms in total. The molecule has 1 aliphatic rings. The number of amides is 2. The number of rotatable bonds is 9. The van der Waals surface area contributed by atoms with Gasteiger partial charge in [-0.25, -0.2) is 4.79 Å². The standard InChI is InChI=1S/C24H24N4O4/c1-16-9-12-25-20(14-16)21-15-18(10-13-26-21)22(29)27-11-5-8-19(24(31)32-2)28-23(30)17-6-3-4-7-17/h3-4,6,9-10,12-15,19H,5,8,11H2,1-2H3,(H,27,29)(H,28,30)/t19-/m0/s1. The van der Waals surface area contributed by atoms with Gasteiger partial charge in [-0.05, 0) is 61.7 Å². The molecule has 0 bridgehead atoms. The summed E-state index contributed by atoms with van der Waals surface area (Å²) >= 11 is 0. The lowest BCUT2D eigenvalue weighted by Gasteiger charge is -2.16. The largest absolute Gasteiger partial charge is 0.467 e. The summed E-state index contributed by atoms with van der Waals surface area (Å²) in [6, 6.07) is 6.29. The van der Waals surface area contributed by atoms with Gasteiger partial charge in [-0.1, -0.05) is 6.08 Å². The van der Waals surface area contributed by atoms with Crippen molar-refractivity contribution >= 4 is 17.8 Å². The molecule has 3 rings (SSSR count). The first kappa shape index (κ1) is 22.7. The molecule has 1 atom stereocenters. The number of allylic oxidation sites excluding steroid dienone is 1. The Bertz CT molecular complexity index is 1120. The van der Waals surface area contributed by atoms with Crippen LogP contribution in [-0.2, 0) is 14.3 Å². The van der Waals surface area contributed by atoms with Crippen LogP contribution >= 0.6 is 0 Å². The molecule has 0 aliphatic heterocycles. The number of nitrogens with one attached hydrogen (secondary N) is 2. The molecule has 164 valence electrons. The van der Waals surface area contributed by atoms with Crippen molar-refractivity contribution in [3.8, 4) is 11.4 Å². The second kappa shape index (κ2) is 10.8. The molecule has 2 heterocycles. The third kappa shape index (κ3) is 6.00. The van der Waals surface area contributed by atoms with Gasteiger partial charge in [-0.15, -0.1) is 5.73 Å². The van der Waals surface area contributed by atoms with E-state index in [1.165, 1.54) is 7.11 Å². The lowest BCUT2D eigenvalue weighted by Crippen LogP contribution is -2.42. The van der Waals surface area contributed by atoms with Crippen LogP contribution in [0.15, 0.2) is 66.2 Å². The van der Waals surface area contributed by atoms with E-state index in [4.69, 9.17) is 4.74 Å². The van der Waals surface area contributed by atoms with Gasteiger partial charge in [0.25, 0.3) is 11.8 Å². The Balaban J connectivity index is 1.53. The number of nitrogens with zero attached hydrogens (tertiary/aromatic N) is 2. The monoisotopic (exact) mass is 432 g/mol. The molecule has 2 aromatic heterocycles. The lowest BCUT2D eigenvalue weighted by atomic mass is 10.1. The second-order valence-electron chi connectivity index (χ2n) is 7.18. The zero-order valence-corrected chi connectivity index (χ0v) is 17.9. The number of carbonyl (C=O) groups is 3. The zero-order chi connectivity index (χ0) is 22.9. The highest BCUT2D eigenvalue weighted by molar-refractivity contribution is 5.99. The summed E-state index contributed by atoms with van der Waals surface area (Å²) in [5, 5.41) is 5.47. The minimum atomic E-state index is -0.812. The maximum absolute atomic E-state index is 12.5. The molecule has 0 spiro atoms. The van der Waals surface area contributed by atoms with E-state index >= 15 is 0 Å². The normalized spacial score (nSPS) is 12.8. The van der Waals surface area contributed by atoms with Crippen LogP contribution in [0.1, 0.15) is 28.8 Å². The SMILES string of the molecule is COC(=O)[C@H](CCCNC(=O)c1ccnc(-c2cc(C)ccn2)c1)NC(=O)C1=C=CC=C1. The van der Waals surface area contributed by atoms with Crippen LogP contribution in [0.25, 0.3) is 11.4 Å². The quantitative estimate of drug-likeness (QED) is 0.357. The van der Waals surface area contributed by atoms with Gasteiger partial charge in [0.1, 0.15) is 6.04 Å². The molecule has 32 heavy (non-hydrogen) atoms. The molecule has 0 saturated heterocycles. The topological polar surface area (TPSA) is 110 Å². The van der Waals surface area contributed by atoms with Gasteiger partial charge in [-0.2, -0.15) is 0 Å². The van der Waals surface area contributed by atoms with Crippen molar-refractivity contribution < 1.29 is 19.1 Å². The smallest absolute Gasteiger partial charge is 0.328 e. The summed E-state index contributed by atoms with van der Waals surface area (Å²) in [5.74, 6) is -1.20. The van der Waals surface area contributed by atoms with E-state index in [9.17, 15) is 14.4 Å². The molecule has 0 fully saturated rings. The minimum Gasteiger partial charge on any atom is -0.467 e. The fraction of sp³-hybridized carbons (Fsp3) is 0.250. The van der Waals surface area contributed by atoms with Crippen molar-refractivity contribution in [1.82, 2.24) is 20.6 Å². The number of pyridine rings is 2. The Hall–Kier alpha value is -4.03. The Kier molecular flexibility index (Phi) is 7.67. The lowest BCUT2D eigenvalue weighted by molar-refractivity contribution is -0.144. The summed E-state index contributed by atoms with van der Waals surface area (Å²) in [6.07, 6.45) is 8.97. The molecule has 0 aromatic carbocycles. The second-order valence-corrected chi connectivity index (χ2v) is 7.18. The molecular formula is C24H24N4O4. The maximum Gasteiger partial charge on any atom is 0.328 e. The van der Waals surface area contributed by atoms with Gasteiger partial charge in [0.2, 0.25) is 0 Å². The predicted molar refractivity (Wildman–Crippen MR) is 118 cm³/mol. The number of aromatic nitrogens is 2. The van der Waals surface area contributed by atoms with Gasteiger partial charge < -0.3 is 15.4 Å². The van der Waals surface area contributed by atoms with Gasteiger partial charge in [0.15, 0.2) is 0 Å². The Morgan fingerprint density at radius 2 is 1.84 bits per heavy atom. The predicted octanol–water partition coefficient (Wildman–Crippen LogP) is 2.27. The van der Waals surface area contributed by atoms with Gasteiger partial charge in [0.05, 0.1) is 24.1 Å². The molecule has 2 amide bonds. The van der Waals surface area contributed by atoms with Crippen molar-refractivity contribution in [3.05, 3.63) is 77.3 Å². The van der Waals surface area contributed by atoms with E-state index in [-0.39, 0.29) is 5.91 Å². The van der Waals surface area contributed by atoms with Crippen LogP contribution in [0.5, 0.6) is 0 Å². The molecule has 0 radical (unpaired) electrons. The fourth-order valence-corrected chi connectivity index (χ4v) is 3.10. The fourth-order valence-electron chi connectivity index (χ4n) is 3.10. The van der Waals surface area contributed by atoms with Crippen molar-refractivity contribution in [2.45, 2.75) is 25.8 Å². The zero-order valence-electron chi connectivity index (χ0n) is 17.9. The highest BCUT2D eigenvalue weighted by Gasteiger charge is 2.22. The summed E-state index contributed by atoms with van der Waals surface area (Å²) in [5.41, 5.74) is 5.95. The van der Waals surface area contributed by atoms with E-state index in [0.717, 1.165) is 5.56 Å². The molecular weight excluding hydrogens is 408 g/mol. The van der Waals surface area contributed by atoms with Crippen LogP contribution in [-0.4, -0.2) is 47.4 Å². The molecule has 8 heteroatoms. The molecule has 1 aliphatic carbocycles. The first-order chi connectivity index (χ1) is 15.5. The Morgan fingerprint density at radius 1 is 1.09 bits per heavy atom. The Morgan fingerprint density at radius 3 is 2.53 bits per heavy atom. The molecule has 2 N–H and O–H groups in total. The molecule has 0 saturated carbocycles. The number of esters is 1. The van der Waals surface area contributed by atoms with Crippen molar-refractivity contribution in [1.29, 1.82) is 0 Å². The number of carbonyl (C=O) groups excluding carboxylic acids is 3. The number of hydrogen-bond acceptors (Lipinski definition) is 6. The molecule has 2 aromatic rings. The summed E-state index contributed by atoms with van der Waals surface area (Å²) in [6.45, 7) is 2.29. The van der Waals surface area contributed by atoms with Crippen LogP contribution in [0.4, 0.5) is 0 Å². The highest BCUT2D eigenvalue weighted by Crippen LogP contribution is 2.16. The van der Waals surface area contributed by atoms with Gasteiger partial charge in [-0.3, -0.25) is 19.6 Å². The molecule has 0 unspecified atom stereocenters. The van der Waals surface area contributed by atoms with Crippen LogP contribution in [0, 0.1) is 6.92 Å². The summed E-state index contributed by atoms with van der Waals surface area (Å²) in [7, 11) is 1.27. The number of aryl methyl sites for hydroxylation is 1. The average Bonchev–Trinajstić information content (AvgIpc) is 3.35. The Labute approximate surface area is 186 Å². The van der Waals surface area contributed by atoms with Crippen molar-refractivity contribution in [2.75, 3.05) is 13.7 Å². The van der Waals surface area contributed by atoms with E-state index in [1.807, 2.05) is 19.1 Å².